The molecule has 2 aromatic carbocycles. The van der Waals surface area contributed by atoms with Crippen molar-refractivity contribution in [2.45, 2.75) is 75.6 Å². The molecule has 1 aromatic heterocycles. The molecule has 0 atom stereocenters. The van der Waals surface area contributed by atoms with Crippen LogP contribution in [0.4, 0.5) is 13.2 Å². The number of ether oxygens (including phenoxy) is 1. The molecule has 3 N–H and O–H groups in total. The lowest BCUT2D eigenvalue weighted by atomic mass is 9.78. The maximum Gasteiger partial charge on any atom is 0.274 e. The van der Waals surface area contributed by atoms with Gasteiger partial charge in [0.15, 0.2) is 11.5 Å². The van der Waals surface area contributed by atoms with Gasteiger partial charge in [-0.15, -0.1) is 0 Å². The molecular weight excluding hydrogens is 577 g/mol. The molecule has 1 aliphatic heterocycles. The summed E-state index contributed by atoms with van der Waals surface area (Å²) in [6, 6.07) is 8.71. The highest BCUT2D eigenvalue weighted by Crippen LogP contribution is 2.37. The van der Waals surface area contributed by atoms with Gasteiger partial charge in [-0.05, 0) is 76.8 Å². The van der Waals surface area contributed by atoms with Gasteiger partial charge >= 0.3 is 0 Å². The number of nitrogens with one attached hydrogen (secondary N) is 2. The molecule has 3 aromatic rings. The SMILES string of the molecule is COc1ccc(F)c(C(C)(C)NC(=O)CC2(NC(=O)c3cc(-c4ccc(F)cc4F)on3)CN(C3CCC(C)(O)CC3)C2)c1. The Kier molecular flexibility index (Phi) is 8.52. The molecule has 12 heteroatoms. The maximum absolute atomic E-state index is 14.8. The first-order valence-electron chi connectivity index (χ1n) is 14.6. The number of hydrogen-bond donors (Lipinski definition) is 3. The van der Waals surface area contributed by atoms with Crippen LogP contribution >= 0.6 is 0 Å². The van der Waals surface area contributed by atoms with Crippen molar-refractivity contribution in [2.75, 3.05) is 20.2 Å². The van der Waals surface area contributed by atoms with E-state index in [1.54, 1.807) is 13.8 Å². The van der Waals surface area contributed by atoms with E-state index in [4.69, 9.17) is 9.26 Å². The highest BCUT2D eigenvalue weighted by Gasteiger charge is 2.49. The number of benzene rings is 2. The van der Waals surface area contributed by atoms with Crippen LogP contribution in [0, 0.1) is 17.5 Å². The smallest absolute Gasteiger partial charge is 0.274 e. The fraction of sp³-hybridized carbons (Fsp3) is 0.469. The number of carbonyl (C=O) groups is 2. The summed E-state index contributed by atoms with van der Waals surface area (Å²) in [5, 5.41) is 20.0. The molecule has 1 saturated heterocycles. The molecule has 0 unspecified atom stereocenters. The number of aromatic nitrogens is 1. The lowest BCUT2D eigenvalue weighted by Gasteiger charge is -2.54. The second-order valence-corrected chi connectivity index (χ2v) is 12.8. The Labute approximate surface area is 253 Å². The van der Waals surface area contributed by atoms with Gasteiger partial charge in [0, 0.05) is 36.8 Å². The molecule has 2 amide bonds. The van der Waals surface area contributed by atoms with Crippen molar-refractivity contribution in [3.63, 3.8) is 0 Å². The number of rotatable bonds is 9. The second kappa shape index (κ2) is 11.9. The third-order valence-corrected chi connectivity index (χ3v) is 8.68. The van der Waals surface area contributed by atoms with Gasteiger partial charge in [-0.1, -0.05) is 5.16 Å². The number of hydrogen-bond acceptors (Lipinski definition) is 7. The van der Waals surface area contributed by atoms with E-state index in [2.05, 4.69) is 20.7 Å². The topological polar surface area (TPSA) is 117 Å². The predicted octanol–water partition coefficient (Wildman–Crippen LogP) is 4.69. The number of carbonyl (C=O) groups excluding carboxylic acids is 2. The number of aliphatic hydroxyl groups is 1. The van der Waals surface area contributed by atoms with Gasteiger partial charge in [0.05, 0.1) is 35.8 Å². The molecule has 5 rings (SSSR count). The minimum absolute atomic E-state index is 0.0500. The van der Waals surface area contributed by atoms with Gasteiger partial charge in [-0.2, -0.15) is 0 Å². The summed E-state index contributed by atoms with van der Waals surface area (Å²) in [6.45, 7) is 5.92. The zero-order valence-corrected chi connectivity index (χ0v) is 25.2. The van der Waals surface area contributed by atoms with Gasteiger partial charge in [0.2, 0.25) is 5.91 Å². The summed E-state index contributed by atoms with van der Waals surface area (Å²) in [4.78, 5) is 29.0. The van der Waals surface area contributed by atoms with Crippen molar-refractivity contribution >= 4 is 11.8 Å². The Morgan fingerprint density at radius 2 is 1.80 bits per heavy atom. The first-order chi connectivity index (χ1) is 20.7. The molecule has 236 valence electrons. The standard InChI is InChI=1S/C32H37F3N4O5/c1-30(2,23-14-21(43-4)6-8-24(23)34)36-28(40)16-32(17-39(18-32)20-9-11-31(3,42)12-10-20)37-29(41)26-15-27(44-38-26)22-7-5-19(33)13-25(22)35/h5-8,13-15,20,42H,9-12,16-18H2,1-4H3,(H,36,40)(H,37,41). The fourth-order valence-electron chi connectivity index (χ4n) is 6.20. The summed E-state index contributed by atoms with van der Waals surface area (Å²) in [5.74, 6) is -2.75. The third kappa shape index (κ3) is 6.76. The van der Waals surface area contributed by atoms with Crippen molar-refractivity contribution in [1.29, 1.82) is 0 Å². The van der Waals surface area contributed by atoms with Gasteiger partial charge in [-0.25, -0.2) is 13.2 Å². The summed E-state index contributed by atoms with van der Waals surface area (Å²) in [5.41, 5.74) is -2.72. The van der Waals surface area contributed by atoms with E-state index in [1.165, 1.54) is 37.4 Å². The molecule has 0 bridgehead atoms. The monoisotopic (exact) mass is 614 g/mol. The normalized spacial score (nSPS) is 21.8. The van der Waals surface area contributed by atoms with Crippen molar-refractivity contribution in [3.05, 3.63) is 71.2 Å². The van der Waals surface area contributed by atoms with E-state index in [1.807, 2.05) is 6.92 Å². The van der Waals surface area contributed by atoms with E-state index in [-0.39, 0.29) is 35.0 Å². The number of likely N-dealkylation sites (tertiary alicyclic amines) is 1. The highest BCUT2D eigenvalue weighted by molar-refractivity contribution is 5.94. The zero-order chi connectivity index (χ0) is 31.9. The van der Waals surface area contributed by atoms with Crippen LogP contribution in [0.5, 0.6) is 5.75 Å². The van der Waals surface area contributed by atoms with Crippen LogP contribution in [0.25, 0.3) is 11.3 Å². The number of nitrogens with zero attached hydrogens (tertiary/aromatic N) is 2. The molecule has 1 saturated carbocycles. The zero-order valence-electron chi connectivity index (χ0n) is 25.2. The average Bonchev–Trinajstić information content (AvgIpc) is 3.41. The van der Waals surface area contributed by atoms with E-state index < -0.39 is 45.9 Å². The first-order valence-corrected chi connectivity index (χ1v) is 14.6. The first kappa shape index (κ1) is 31.5. The van der Waals surface area contributed by atoms with Crippen molar-refractivity contribution in [1.82, 2.24) is 20.7 Å². The Morgan fingerprint density at radius 1 is 1.09 bits per heavy atom. The average molecular weight is 615 g/mol. The molecule has 44 heavy (non-hydrogen) atoms. The van der Waals surface area contributed by atoms with Crippen molar-refractivity contribution < 1.29 is 37.1 Å². The molecule has 2 aliphatic rings. The van der Waals surface area contributed by atoms with Gasteiger partial charge in [0.25, 0.3) is 5.91 Å². The van der Waals surface area contributed by atoms with Gasteiger partial charge < -0.3 is 25.0 Å². The Hall–Kier alpha value is -3.90. The molecule has 0 spiro atoms. The van der Waals surface area contributed by atoms with Crippen LogP contribution in [-0.2, 0) is 10.3 Å². The van der Waals surface area contributed by atoms with Crippen LogP contribution in [0.1, 0.15) is 68.9 Å². The largest absolute Gasteiger partial charge is 0.497 e. The molecule has 9 nitrogen and oxygen atoms in total. The maximum atomic E-state index is 14.8. The van der Waals surface area contributed by atoms with Gasteiger partial charge in [-0.3, -0.25) is 14.5 Å². The number of methoxy groups -OCH3 is 1. The van der Waals surface area contributed by atoms with Crippen LogP contribution < -0.4 is 15.4 Å². The van der Waals surface area contributed by atoms with E-state index in [0.717, 1.165) is 18.9 Å². The fourth-order valence-corrected chi connectivity index (χ4v) is 6.20. The minimum atomic E-state index is -1.10. The molecule has 1 aliphatic carbocycles. The van der Waals surface area contributed by atoms with Crippen molar-refractivity contribution in [3.8, 4) is 17.1 Å². The predicted molar refractivity (Wildman–Crippen MR) is 155 cm³/mol. The quantitative estimate of drug-likeness (QED) is 0.320. The van der Waals surface area contributed by atoms with Crippen LogP contribution in [0.2, 0.25) is 0 Å². The summed E-state index contributed by atoms with van der Waals surface area (Å²) in [7, 11) is 1.47. The number of amides is 2. The van der Waals surface area contributed by atoms with Crippen LogP contribution in [-0.4, -0.2) is 64.4 Å². The molecule has 2 heterocycles. The van der Waals surface area contributed by atoms with Crippen molar-refractivity contribution in [2.24, 2.45) is 0 Å². The highest BCUT2D eigenvalue weighted by atomic mass is 19.1. The molecule has 2 fully saturated rings. The summed E-state index contributed by atoms with van der Waals surface area (Å²) >= 11 is 0. The van der Waals surface area contributed by atoms with Crippen LogP contribution in [0.3, 0.4) is 0 Å². The Morgan fingerprint density at radius 3 is 2.45 bits per heavy atom. The van der Waals surface area contributed by atoms with Crippen LogP contribution in [0.15, 0.2) is 47.0 Å². The molecular formula is C32H37F3N4O5. The lowest BCUT2D eigenvalue weighted by Crippen LogP contribution is -2.73. The lowest BCUT2D eigenvalue weighted by molar-refractivity contribution is -0.127. The third-order valence-electron chi connectivity index (χ3n) is 8.68. The van der Waals surface area contributed by atoms with E-state index >= 15 is 0 Å². The Balaban J connectivity index is 1.33. The van der Waals surface area contributed by atoms with E-state index in [0.29, 0.717) is 37.7 Å². The summed E-state index contributed by atoms with van der Waals surface area (Å²) < 4.78 is 52.8. The van der Waals surface area contributed by atoms with E-state index in [9.17, 15) is 27.9 Å². The number of halogens is 3. The Bertz CT molecular complexity index is 1540. The second-order valence-electron chi connectivity index (χ2n) is 12.8. The molecule has 0 radical (unpaired) electrons. The minimum Gasteiger partial charge on any atom is -0.497 e. The van der Waals surface area contributed by atoms with Gasteiger partial charge in [0.1, 0.15) is 23.2 Å². The summed E-state index contributed by atoms with van der Waals surface area (Å²) in [6.07, 6.45) is 2.75.